The molecule has 0 spiro atoms. The first-order chi connectivity index (χ1) is 10.4. The zero-order chi connectivity index (χ0) is 16.2. The number of ether oxygens (including phenoxy) is 1. The molecule has 118 valence electrons. The number of hydrogen-bond acceptors (Lipinski definition) is 5. The van der Waals surface area contributed by atoms with Crippen molar-refractivity contribution in [1.29, 1.82) is 0 Å². The van der Waals surface area contributed by atoms with Gasteiger partial charge in [0.05, 0.1) is 0 Å². The number of carbonyl (C=O) groups is 1. The minimum atomic E-state index is -0.987. The van der Waals surface area contributed by atoms with Gasteiger partial charge in [0.25, 0.3) is 5.91 Å². The smallest absolute Gasteiger partial charge is 0.269 e. The van der Waals surface area contributed by atoms with E-state index in [9.17, 15) is 4.79 Å². The quantitative estimate of drug-likeness (QED) is 0.851. The molecular weight excluding hydrogens is 298 g/mol. The van der Waals surface area contributed by atoms with E-state index in [1.807, 2.05) is 29.6 Å². The van der Waals surface area contributed by atoms with Crippen molar-refractivity contribution in [2.24, 2.45) is 0 Å². The van der Waals surface area contributed by atoms with Crippen LogP contribution in [0.5, 0.6) is 5.75 Å². The lowest BCUT2D eigenvalue weighted by atomic mass is 10.1. The van der Waals surface area contributed by atoms with Crippen molar-refractivity contribution in [2.75, 3.05) is 10.6 Å². The number of aromatic nitrogens is 1. The summed E-state index contributed by atoms with van der Waals surface area (Å²) >= 11 is 1.37. The Morgan fingerprint density at radius 3 is 2.50 bits per heavy atom. The molecule has 0 saturated carbocycles. The lowest BCUT2D eigenvalue weighted by Crippen LogP contribution is -2.42. The van der Waals surface area contributed by atoms with Crippen LogP contribution < -0.4 is 15.4 Å². The molecule has 0 aliphatic heterocycles. The van der Waals surface area contributed by atoms with Crippen molar-refractivity contribution < 1.29 is 9.53 Å². The Bertz CT molecular complexity index is 607. The summed E-state index contributed by atoms with van der Waals surface area (Å²) in [6.07, 6.45) is 1.65. The molecule has 0 atom stereocenters. The summed E-state index contributed by atoms with van der Waals surface area (Å²) in [6.45, 7) is 7.62. The highest BCUT2D eigenvalue weighted by Gasteiger charge is 2.30. The van der Waals surface area contributed by atoms with Gasteiger partial charge in [0, 0.05) is 23.3 Å². The van der Waals surface area contributed by atoms with E-state index in [0.29, 0.717) is 16.9 Å². The molecule has 6 heteroatoms. The van der Waals surface area contributed by atoms with Gasteiger partial charge in [-0.15, -0.1) is 11.3 Å². The van der Waals surface area contributed by atoms with Gasteiger partial charge >= 0.3 is 0 Å². The maximum absolute atomic E-state index is 12.3. The molecule has 0 unspecified atom stereocenters. The molecule has 22 heavy (non-hydrogen) atoms. The molecular formula is C16H21N3O2S. The maximum atomic E-state index is 12.3. The summed E-state index contributed by atoms with van der Waals surface area (Å²) < 4.78 is 5.81. The molecule has 0 aliphatic rings. The van der Waals surface area contributed by atoms with E-state index in [2.05, 4.69) is 29.5 Å². The maximum Gasteiger partial charge on any atom is 0.269 e. The lowest BCUT2D eigenvalue weighted by molar-refractivity contribution is -0.128. The van der Waals surface area contributed by atoms with E-state index in [1.54, 1.807) is 20.0 Å². The average Bonchev–Trinajstić information content (AvgIpc) is 2.93. The first kappa shape index (κ1) is 16.3. The van der Waals surface area contributed by atoms with Crippen LogP contribution in [0.25, 0.3) is 0 Å². The highest BCUT2D eigenvalue weighted by Crippen LogP contribution is 2.23. The molecule has 1 amide bonds. The van der Waals surface area contributed by atoms with Gasteiger partial charge in [0.1, 0.15) is 5.75 Å². The molecule has 0 radical (unpaired) electrons. The Balaban J connectivity index is 1.99. The number of anilines is 2. The highest BCUT2D eigenvalue weighted by atomic mass is 32.1. The van der Waals surface area contributed by atoms with Crippen LogP contribution in [0, 0.1) is 0 Å². The average molecular weight is 319 g/mol. The fourth-order valence-electron chi connectivity index (χ4n) is 1.83. The van der Waals surface area contributed by atoms with Gasteiger partial charge in [0.2, 0.25) is 0 Å². The third-order valence-electron chi connectivity index (χ3n) is 2.88. The molecule has 1 aromatic carbocycles. The first-order valence-electron chi connectivity index (χ1n) is 7.13. The normalized spacial score (nSPS) is 11.3. The van der Waals surface area contributed by atoms with Crippen molar-refractivity contribution in [3.05, 3.63) is 35.8 Å². The molecule has 1 heterocycles. The Kier molecular flexibility index (Phi) is 5.03. The van der Waals surface area contributed by atoms with E-state index in [0.717, 1.165) is 5.69 Å². The number of thiazole rings is 1. The van der Waals surface area contributed by atoms with Crippen LogP contribution >= 0.6 is 11.3 Å². The van der Waals surface area contributed by atoms with Crippen LogP contribution in [0.2, 0.25) is 0 Å². The fraction of sp³-hybridized carbons (Fsp3) is 0.375. The Morgan fingerprint density at radius 1 is 1.27 bits per heavy atom. The largest absolute Gasteiger partial charge is 0.478 e. The third kappa shape index (κ3) is 4.46. The Morgan fingerprint density at radius 2 is 1.95 bits per heavy atom. The number of nitrogens with one attached hydrogen (secondary N) is 2. The highest BCUT2D eigenvalue weighted by molar-refractivity contribution is 7.13. The molecule has 0 saturated heterocycles. The molecule has 0 bridgehead atoms. The fourth-order valence-corrected chi connectivity index (χ4v) is 2.35. The minimum Gasteiger partial charge on any atom is -0.478 e. The van der Waals surface area contributed by atoms with Crippen LogP contribution in [0.15, 0.2) is 35.8 Å². The summed E-state index contributed by atoms with van der Waals surface area (Å²) in [5.41, 5.74) is 0.0333. The van der Waals surface area contributed by atoms with Crippen molar-refractivity contribution >= 4 is 28.1 Å². The zero-order valence-electron chi connectivity index (χ0n) is 13.2. The molecule has 0 fully saturated rings. The van der Waals surface area contributed by atoms with Crippen molar-refractivity contribution in [3.8, 4) is 5.75 Å². The van der Waals surface area contributed by atoms with Gasteiger partial charge in [-0.25, -0.2) is 4.98 Å². The number of hydrogen-bond donors (Lipinski definition) is 2. The number of benzene rings is 1. The predicted octanol–water partition coefficient (Wildman–Crippen LogP) is 3.76. The molecule has 5 nitrogen and oxygen atoms in total. The second kappa shape index (κ2) is 6.79. The number of rotatable bonds is 6. The molecule has 1 aromatic heterocycles. The van der Waals surface area contributed by atoms with Crippen molar-refractivity contribution in [1.82, 2.24) is 4.98 Å². The summed E-state index contributed by atoms with van der Waals surface area (Å²) in [6, 6.07) is 7.94. The molecule has 0 aliphatic carbocycles. The van der Waals surface area contributed by atoms with Crippen molar-refractivity contribution in [3.63, 3.8) is 0 Å². The van der Waals surface area contributed by atoms with Crippen LogP contribution in [-0.4, -0.2) is 22.5 Å². The van der Waals surface area contributed by atoms with Gasteiger partial charge in [0.15, 0.2) is 10.7 Å². The summed E-state index contributed by atoms with van der Waals surface area (Å²) in [5.74, 6) is 0.417. The second-order valence-electron chi connectivity index (χ2n) is 5.73. The molecule has 2 aromatic rings. The van der Waals surface area contributed by atoms with Gasteiger partial charge in [-0.3, -0.25) is 10.1 Å². The Labute approximate surface area is 134 Å². The number of nitrogens with zero attached hydrogens (tertiary/aromatic N) is 1. The van der Waals surface area contributed by atoms with Gasteiger partial charge in [-0.05, 0) is 52.0 Å². The van der Waals surface area contributed by atoms with Crippen LogP contribution in [0.3, 0.4) is 0 Å². The monoisotopic (exact) mass is 319 g/mol. The predicted molar refractivity (Wildman–Crippen MR) is 90.7 cm³/mol. The number of carbonyl (C=O) groups excluding carboxylic acids is 1. The molecule has 2 N–H and O–H groups in total. The zero-order valence-corrected chi connectivity index (χ0v) is 14.0. The summed E-state index contributed by atoms with van der Waals surface area (Å²) in [4.78, 5) is 16.3. The summed E-state index contributed by atoms with van der Waals surface area (Å²) in [7, 11) is 0. The third-order valence-corrected chi connectivity index (χ3v) is 3.57. The number of amides is 1. The lowest BCUT2D eigenvalue weighted by Gasteiger charge is -2.25. The second-order valence-corrected chi connectivity index (χ2v) is 6.62. The first-order valence-corrected chi connectivity index (χ1v) is 8.01. The van der Waals surface area contributed by atoms with E-state index in [1.165, 1.54) is 11.3 Å². The van der Waals surface area contributed by atoms with E-state index in [-0.39, 0.29) is 5.91 Å². The SMILES string of the molecule is CC(C)Nc1ccc(OC(C)(C)C(=O)Nc2nccs2)cc1. The van der Waals surface area contributed by atoms with Crippen LogP contribution in [0.1, 0.15) is 27.7 Å². The van der Waals surface area contributed by atoms with Gasteiger partial charge < -0.3 is 10.1 Å². The van der Waals surface area contributed by atoms with Crippen LogP contribution in [0.4, 0.5) is 10.8 Å². The summed E-state index contributed by atoms with van der Waals surface area (Å²) in [5, 5.41) is 8.43. The molecule has 2 rings (SSSR count). The van der Waals surface area contributed by atoms with Crippen molar-refractivity contribution in [2.45, 2.75) is 39.3 Å². The van der Waals surface area contributed by atoms with Crippen LogP contribution in [-0.2, 0) is 4.79 Å². The standard InChI is InChI=1S/C16H21N3O2S/c1-11(2)18-12-5-7-13(8-6-12)21-16(3,4)14(20)19-15-17-9-10-22-15/h5-11,18H,1-4H3,(H,17,19,20). The Hall–Kier alpha value is -2.08. The van der Waals surface area contributed by atoms with Gasteiger partial charge in [-0.2, -0.15) is 0 Å². The van der Waals surface area contributed by atoms with E-state index >= 15 is 0 Å². The van der Waals surface area contributed by atoms with E-state index in [4.69, 9.17) is 4.74 Å². The topological polar surface area (TPSA) is 63.2 Å². The minimum absolute atomic E-state index is 0.230. The van der Waals surface area contributed by atoms with Gasteiger partial charge in [-0.1, -0.05) is 0 Å². The van der Waals surface area contributed by atoms with E-state index < -0.39 is 5.60 Å².